The van der Waals surface area contributed by atoms with Crippen molar-refractivity contribution in [1.82, 2.24) is 19.7 Å². The lowest BCUT2D eigenvalue weighted by Crippen LogP contribution is -2.36. The number of rotatable bonds is 5. The number of aromatic amines is 1. The molecule has 32 heavy (non-hydrogen) atoms. The van der Waals surface area contributed by atoms with Crippen LogP contribution in [0.1, 0.15) is 27.3 Å². The Kier molecular flexibility index (Phi) is 5.73. The maximum absolute atomic E-state index is 14.0. The summed E-state index contributed by atoms with van der Waals surface area (Å²) in [6, 6.07) is 4.54. The van der Waals surface area contributed by atoms with E-state index >= 15 is 0 Å². The van der Waals surface area contributed by atoms with E-state index in [0.717, 1.165) is 11.6 Å². The number of H-pyrrole nitrogens is 1. The van der Waals surface area contributed by atoms with Crippen LogP contribution in [0.4, 0.5) is 17.6 Å². The van der Waals surface area contributed by atoms with Gasteiger partial charge in [-0.05, 0) is 18.6 Å². The average molecular weight is 444 g/mol. The van der Waals surface area contributed by atoms with Crippen molar-refractivity contribution in [3.63, 3.8) is 0 Å². The van der Waals surface area contributed by atoms with E-state index in [1.807, 2.05) is 0 Å². The first-order valence-electron chi connectivity index (χ1n) is 9.90. The standard InChI is InChI=1S/C23H20F4N4O/c1-3-13(9-18(26)19(27)10-24)22-15-7-8-31(12-20(15)29-30(22)2)23(32)16-11-28-21-14(16)5-4-6-17(21)25/h3-6,9,11,28H,1,7-8,10,12H2,2H3/b13-9+,19-18-. The minimum Gasteiger partial charge on any atom is -0.358 e. The Hall–Kier alpha value is -3.62. The van der Waals surface area contributed by atoms with Crippen molar-refractivity contribution in [1.29, 1.82) is 0 Å². The molecule has 0 fully saturated rings. The zero-order valence-electron chi connectivity index (χ0n) is 17.3. The molecule has 1 N–H and O–H groups in total. The first-order valence-corrected chi connectivity index (χ1v) is 9.90. The van der Waals surface area contributed by atoms with Crippen molar-refractivity contribution in [2.45, 2.75) is 13.0 Å². The van der Waals surface area contributed by atoms with Gasteiger partial charge in [-0.25, -0.2) is 17.6 Å². The van der Waals surface area contributed by atoms with E-state index in [4.69, 9.17) is 0 Å². The number of halogens is 4. The lowest BCUT2D eigenvalue weighted by Gasteiger charge is -2.26. The van der Waals surface area contributed by atoms with Crippen LogP contribution >= 0.6 is 0 Å². The number of alkyl halides is 1. The molecule has 2 aromatic heterocycles. The van der Waals surface area contributed by atoms with Crippen LogP contribution < -0.4 is 0 Å². The first-order chi connectivity index (χ1) is 15.3. The van der Waals surface area contributed by atoms with Gasteiger partial charge in [-0.3, -0.25) is 9.48 Å². The van der Waals surface area contributed by atoms with E-state index in [0.29, 0.717) is 35.3 Å². The summed E-state index contributed by atoms with van der Waals surface area (Å²) in [7, 11) is 1.65. The second kappa shape index (κ2) is 8.49. The van der Waals surface area contributed by atoms with Gasteiger partial charge in [0.05, 0.1) is 29.0 Å². The van der Waals surface area contributed by atoms with E-state index < -0.39 is 24.1 Å². The third-order valence-electron chi connectivity index (χ3n) is 5.54. The second-order valence-electron chi connectivity index (χ2n) is 7.43. The van der Waals surface area contributed by atoms with Gasteiger partial charge in [-0.2, -0.15) is 5.10 Å². The third kappa shape index (κ3) is 3.63. The van der Waals surface area contributed by atoms with Crippen molar-refractivity contribution in [3.05, 3.63) is 83.1 Å². The molecule has 4 rings (SSSR count). The highest BCUT2D eigenvalue weighted by Gasteiger charge is 2.29. The number of allylic oxidation sites excluding steroid dienone is 5. The number of carbonyl (C=O) groups excluding carboxylic acids is 1. The monoisotopic (exact) mass is 444 g/mol. The van der Waals surface area contributed by atoms with E-state index in [2.05, 4.69) is 16.7 Å². The molecule has 0 saturated carbocycles. The van der Waals surface area contributed by atoms with Crippen LogP contribution in [-0.4, -0.2) is 38.8 Å². The molecule has 0 radical (unpaired) electrons. The zero-order valence-corrected chi connectivity index (χ0v) is 17.3. The molecule has 9 heteroatoms. The number of benzene rings is 1. The van der Waals surface area contributed by atoms with Gasteiger partial charge < -0.3 is 9.88 Å². The fourth-order valence-corrected chi connectivity index (χ4v) is 4.02. The van der Waals surface area contributed by atoms with E-state index in [9.17, 15) is 22.4 Å². The summed E-state index contributed by atoms with van der Waals surface area (Å²) in [4.78, 5) is 17.5. The Labute approximate surface area is 181 Å². The number of carbonyl (C=O) groups is 1. The molecule has 166 valence electrons. The Morgan fingerprint density at radius 3 is 2.84 bits per heavy atom. The minimum absolute atomic E-state index is 0.200. The van der Waals surface area contributed by atoms with Gasteiger partial charge in [-0.1, -0.05) is 24.8 Å². The summed E-state index contributed by atoms with van der Waals surface area (Å²) in [5.41, 5.74) is 2.80. The zero-order chi connectivity index (χ0) is 23.0. The molecule has 1 aromatic carbocycles. The van der Waals surface area contributed by atoms with Gasteiger partial charge in [0.2, 0.25) is 0 Å². The van der Waals surface area contributed by atoms with Crippen LogP contribution in [0.25, 0.3) is 16.5 Å². The van der Waals surface area contributed by atoms with Crippen molar-refractivity contribution in [2.24, 2.45) is 7.05 Å². The number of hydrogen-bond acceptors (Lipinski definition) is 2. The van der Waals surface area contributed by atoms with Gasteiger partial charge in [0, 0.05) is 36.3 Å². The Bertz CT molecular complexity index is 1280. The number of aromatic nitrogens is 3. The van der Waals surface area contributed by atoms with Gasteiger partial charge in [0.1, 0.15) is 12.5 Å². The van der Waals surface area contributed by atoms with Crippen LogP contribution in [-0.2, 0) is 20.0 Å². The molecule has 5 nitrogen and oxygen atoms in total. The lowest BCUT2D eigenvalue weighted by atomic mass is 9.98. The summed E-state index contributed by atoms with van der Waals surface area (Å²) in [6.45, 7) is 2.66. The molecule has 0 bridgehead atoms. The van der Waals surface area contributed by atoms with E-state index in [1.54, 1.807) is 24.1 Å². The van der Waals surface area contributed by atoms with Gasteiger partial charge >= 0.3 is 0 Å². The molecule has 0 unspecified atom stereocenters. The highest BCUT2D eigenvalue weighted by Crippen LogP contribution is 2.30. The van der Waals surface area contributed by atoms with Crippen LogP contribution in [0.15, 0.2) is 54.8 Å². The van der Waals surface area contributed by atoms with Crippen molar-refractivity contribution in [2.75, 3.05) is 13.2 Å². The lowest BCUT2D eigenvalue weighted by molar-refractivity contribution is 0.0734. The first kappa shape index (κ1) is 21.6. The van der Waals surface area contributed by atoms with Crippen LogP contribution in [0.5, 0.6) is 0 Å². The molecular formula is C23H20F4N4O. The number of hydrogen-bond donors (Lipinski definition) is 1. The number of nitrogens with zero attached hydrogens (tertiary/aromatic N) is 3. The molecule has 3 heterocycles. The van der Waals surface area contributed by atoms with Crippen LogP contribution in [0, 0.1) is 5.82 Å². The molecule has 1 amide bonds. The third-order valence-corrected chi connectivity index (χ3v) is 5.54. The summed E-state index contributed by atoms with van der Waals surface area (Å²) in [5, 5.41) is 4.94. The van der Waals surface area contributed by atoms with Gasteiger partial charge in [-0.15, -0.1) is 0 Å². The predicted molar refractivity (Wildman–Crippen MR) is 113 cm³/mol. The van der Waals surface area contributed by atoms with Crippen LogP contribution in [0.3, 0.4) is 0 Å². The molecule has 0 saturated heterocycles. The molecule has 1 aliphatic rings. The SMILES string of the molecule is C=C/C(=C\C(F)=C(\F)CF)c1c2c(nn1C)CN(C(=O)c1c[nH]c3c(F)cccc13)CC2. The number of aryl methyl sites for hydroxylation is 1. The molecule has 1 aliphatic heterocycles. The van der Waals surface area contributed by atoms with Crippen LogP contribution in [0.2, 0.25) is 0 Å². The maximum Gasteiger partial charge on any atom is 0.256 e. The Morgan fingerprint density at radius 2 is 2.12 bits per heavy atom. The number of para-hydroxylation sites is 1. The largest absolute Gasteiger partial charge is 0.358 e. The predicted octanol–water partition coefficient (Wildman–Crippen LogP) is 4.93. The van der Waals surface area contributed by atoms with Crippen molar-refractivity contribution in [3.8, 4) is 0 Å². The van der Waals surface area contributed by atoms with Crippen molar-refractivity contribution < 1.29 is 22.4 Å². The maximum atomic E-state index is 14.0. The topological polar surface area (TPSA) is 53.9 Å². The fraction of sp³-hybridized carbons (Fsp3) is 0.217. The molecule has 0 atom stereocenters. The number of nitrogens with one attached hydrogen (secondary N) is 1. The fourth-order valence-electron chi connectivity index (χ4n) is 4.02. The quantitative estimate of drug-likeness (QED) is 0.448. The highest BCUT2D eigenvalue weighted by molar-refractivity contribution is 6.06. The second-order valence-corrected chi connectivity index (χ2v) is 7.43. The smallest absolute Gasteiger partial charge is 0.256 e. The van der Waals surface area contributed by atoms with Crippen molar-refractivity contribution >= 4 is 22.4 Å². The molecule has 3 aromatic rings. The summed E-state index contributed by atoms with van der Waals surface area (Å²) in [5.74, 6) is -3.51. The van der Waals surface area contributed by atoms with E-state index in [1.165, 1.54) is 23.0 Å². The van der Waals surface area contributed by atoms with E-state index in [-0.39, 0.29) is 23.5 Å². The normalized spacial score (nSPS) is 15.0. The number of amides is 1. The average Bonchev–Trinajstić information content (AvgIpc) is 3.37. The Balaban J connectivity index is 1.66. The summed E-state index contributed by atoms with van der Waals surface area (Å²) >= 11 is 0. The molecule has 0 spiro atoms. The minimum atomic E-state index is -1.54. The Morgan fingerprint density at radius 1 is 1.34 bits per heavy atom. The highest BCUT2D eigenvalue weighted by atomic mass is 19.2. The van der Waals surface area contributed by atoms with Gasteiger partial charge in [0.25, 0.3) is 5.91 Å². The number of fused-ring (bicyclic) bond motifs is 2. The molecule has 0 aliphatic carbocycles. The van der Waals surface area contributed by atoms with Gasteiger partial charge in [0.15, 0.2) is 11.7 Å². The summed E-state index contributed by atoms with van der Waals surface area (Å²) in [6.07, 6.45) is 4.14. The summed E-state index contributed by atoms with van der Waals surface area (Å²) < 4.78 is 55.1. The molecular weight excluding hydrogens is 424 g/mol.